The Morgan fingerprint density at radius 2 is 1.69 bits per heavy atom. The molecule has 0 saturated carbocycles. The molecule has 0 atom stereocenters. The van der Waals surface area contributed by atoms with E-state index in [-0.39, 0.29) is 0 Å². The Morgan fingerprint density at radius 1 is 0.829 bits per heavy atom. The van der Waals surface area contributed by atoms with E-state index in [4.69, 9.17) is 4.98 Å². The Labute approximate surface area is 201 Å². The molecule has 170 valence electrons. The summed E-state index contributed by atoms with van der Waals surface area (Å²) in [5.41, 5.74) is 7.61. The molecule has 0 aliphatic carbocycles. The van der Waals surface area contributed by atoms with Gasteiger partial charge in [0.25, 0.3) is 0 Å². The lowest BCUT2D eigenvalue weighted by atomic mass is 10.1. The summed E-state index contributed by atoms with van der Waals surface area (Å²) >= 11 is 0. The van der Waals surface area contributed by atoms with E-state index in [2.05, 4.69) is 47.7 Å². The van der Waals surface area contributed by atoms with Crippen LogP contribution in [0.25, 0.3) is 39.1 Å². The van der Waals surface area contributed by atoms with Crippen LogP contribution in [0.5, 0.6) is 0 Å². The molecule has 0 unspecified atom stereocenters. The van der Waals surface area contributed by atoms with Crippen LogP contribution in [0.3, 0.4) is 0 Å². The normalized spacial score (nSPS) is 11.1. The van der Waals surface area contributed by atoms with Crippen molar-refractivity contribution < 1.29 is 0 Å². The number of rotatable bonds is 5. The van der Waals surface area contributed by atoms with Crippen LogP contribution in [0.15, 0.2) is 79.5 Å². The Hall–Kier alpha value is -4.92. The average Bonchev–Trinajstić information content (AvgIpc) is 3.54. The summed E-state index contributed by atoms with van der Waals surface area (Å²) in [6, 6.07) is 17.9. The van der Waals surface area contributed by atoms with E-state index in [1.807, 2.05) is 68.7 Å². The number of H-pyrrole nitrogens is 1. The predicted octanol–water partition coefficient (Wildman–Crippen LogP) is 5.02. The van der Waals surface area contributed by atoms with E-state index in [0.717, 1.165) is 50.4 Å². The third-order valence-corrected chi connectivity index (χ3v) is 5.77. The van der Waals surface area contributed by atoms with Gasteiger partial charge in [0.15, 0.2) is 5.82 Å². The molecule has 9 nitrogen and oxygen atoms in total. The van der Waals surface area contributed by atoms with E-state index >= 15 is 0 Å². The van der Waals surface area contributed by atoms with Crippen molar-refractivity contribution in [1.29, 1.82) is 0 Å². The zero-order valence-electron chi connectivity index (χ0n) is 19.1. The van der Waals surface area contributed by atoms with Gasteiger partial charge in [-0.3, -0.25) is 10.1 Å². The second kappa shape index (κ2) is 8.45. The van der Waals surface area contributed by atoms with Gasteiger partial charge in [0.2, 0.25) is 5.95 Å². The van der Waals surface area contributed by atoms with E-state index in [0.29, 0.717) is 11.8 Å². The van der Waals surface area contributed by atoms with Crippen LogP contribution >= 0.6 is 0 Å². The summed E-state index contributed by atoms with van der Waals surface area (Å²) < 4.78 is 1.74. The van der Waals surface area contributed by atoms with Crippen LogP contribution in [0.2, 0.25) is 0 Å². The second-order valence-electron chi connectivity index (χ2n) is 8.25. The molecular formula is C26H21N9. The number of aromatic nitrogens is 8. The topological polar surface area (TPSA) is 110 Å². The van der Waals surface area contributed by atoms with Gasteiger partial charge in [-0.15, -0.1) is 5.10 Å². The minimum absolute atomic E-state index is 0.529. The van der Waals surface area contributed by atoms with E-state index in [1.165, 1.54) is 0 Å². The quantitative estimate of drug-likeness (QED) is 0.372. The molecule has 2 aromatic carbocycles. The summed E-state index contributed by atoms with van der Waals surface area (Å²) in [6.45, 7) is 3.96. The number of aryl methyl sites for hydroxylation is 2. The third-order valence-electron chi connectivity index (χ3n) is 5.77. The van der Waals surface area contributed by atoms with Gasteiger partial charge in [-0.25, -0.2) is 19.6 Å². The van der Waals surface area contributed by atoms with Crippen molar-refractivity contribution in [2.75, 3.05) is 5.32 Å². The van der Waals surface area contributed by atoms with Crippen molar-refractivity contribution in [2.24, 2.45) is 0 Å². The number of anilines is 2. The summed E-state index contributed by atoms with van der Waals surface area (Å²) in [5.74, 6) is 1.16. The first-order valence-corrected chi connectivity index (χ1v) is 11.1. The summed E-state index contributed by atoms with van der Waals surface area (Å²) in [4.78, 5) is 17.9. The molecule has 9 heteroatoms. The molecule has 0 saturated heterocycles. The number of fused-ring (bicyclic) bond motifs is 1. The summed E-state index contributed by atoms with van der Waals surface area (Å²) in [5, 5.41) is 15.9. The van der Waals surface area contributed by atoms with Crippen molar-refractivity contribution in [2.45, 2.75) is 13.8 Å². The van der Waals surface area contributed by atoms with Crippen LogP contribution in [0.1, 0.15) is 11.4 Å². The smallest absolute Gasteiger partial charge is 0.227 e. The van der Waals surface area contributed by atoms with Crippen LogP contribution < -0.4 is 5.32 Å². The summed E-state index contributed by atoms with van der Waals surface area (Å²) in [6.07, 6.45) is 7.13. The Morgan fingerprint density at radius 3 is 2.46 bits per heavy atom. The molecule has 0 fully saturated rings. The maximum absolute atomic E-state index is 4.71. The van der Waals surface area contributed by atoms with Crippen molar-refractivity contribution in [3.05, 3.63) is 90.9 Å². The van der Waals surface area contributed by atoms with Gasteiger partial charge in [0.05, 0.1) is 17.4 Å². The molecule has 0 aliphatic heterocycles. The zero-order valence-corrected chi connectivity index (χ0v) is 19.1. The molecule has 0 spiro atoms. The lowest BCUT2D eigenvalue weighted by Crippen LogP contribution is -1.99. The molecule has 6 rings (SSSR count). The molecule has 0 aliphatic rings. The van der Waals surface area contributed by atoms with Gasteiger partial charge in [0.1, 0.15) is 6.33 Å². The average molecular weight is 460 g/mol. The summed E-state index contributed by atoms with van der Waals surface area (Å²) in [7, 11) is 0. The Bertz CT molecular complexity index is 1630. The van der Waals surface area contributed by atoms with Gasteiger partial charge in [-0.05, 0) is 61.9 Å². The fourth-order valence-corrected chi connectivity index (χ4v) is 3.84. The molecule has 4 aromatic heterocycles. The number of benzene rings is 2. The first-order valence-electron chi connectivity index (χ1n) is 11.1. The lowest BCUT2D eigenvalue weighted by Gasteiger charge is -2.08. The maximum atomic E-state index is 4.71. The van der Waals surface area contributed by atoms with Crippen molar-refractivity contribution in [3.63, 3.8) is 0 Å². The maximum Gasteiger partial charge on any atom is 0.227 e. The molecule has 0 bridgehead atoms. The molecule has 35 heavy (non-hydrogen) atoms. The molecular weight excluding hydrogens is 438 g/mol. The van der Waals surface area contributed by atoms with Crippen LogP contribution in [0, 0.1) is 13.8 Å². The first kappa shape index (κ1) is 20.7. The minimum Gasteiger partial charge on any atom is -0.324 e. The number of nitrogens with zero attached hydrogens (tertiary/aromatic N) is 7. The predicted molar refractivity (Wildman–Crippen MR) is 134 cm³/mol. The highest BCUT2D eigenvalue weighted by molar-refractivity contribution is 5.85. The lowest BCUT2D eigenvalue weighted by molar-refractivity contribution is 0.882. The molecule has 2 N–H and O–H groups in total. The molecule has 6 aromatic rings. The van der Waals surface area contributed by atoms with Gasteiger partial charge in [-0.2, -0.15) is 5.10 Å². The highest BCUT2D eigenvalue weighted by atomic mass is 15.3. The molecule has 0 amide bonds. The van der Waals surface area contributed by atoms with E-state index < -0.39 is 0 Å². The number of hydrogen-bond donors (Lipinski definition) is 2. The number of nitrogens with one attached hydrogen (secondary N) is 2. The standard InChI is InChI=1S/C26H21N9/c1-16-3-4-20(13-27-16)25-29-15-35(34-25)22-9-7-21(8-10-22)31-26-28-12-19-6-5-18(11-24(19)32-26)23-14-30-33-17(23)2/h3-15H,1-2H3,(H,30,33)(H,28,31,32). The fourth-order valence-electron chi connectivity index (χ4n) is 3.84. The monoisotopic (exact) mass is 459 g/mol. The van der Waals surface area contributed by atoms with E-state index in [1.54, 1.807) is 17.2 Å². The second-order valence-corrected chi connectivity index (χ2v) is 8.25. The van der Waals surface area contributed by atoms with Gasteiger partial charge < -0.3 is 5.32 Å². The Balaban J connectivity index is 1.22. The Kier molecular flexibility index (Phi) is 4.99. The third kappa shape index (κ3) is 4.10. The van der Waals surface area contributed by atoms with Crippen LogP contribution in [-0.4, -0.2) is 39.9 Å². The van der Waals surface area contributed by atoms with E-state index in [9.17, 15) is 0 Å². The number of aromatic amines is 1. The minimum atomic E-state index is 0.529. The molecule has 4 heterocycles. The van der Waals surface area contributed by atoms with Crippen LogP contribution in [0.4, 0.5) is 11.6 Å². The zero-order chi connectivity index (χ0) is 23.8. The van der Waals surface area contributed by atoms with Gasteiger partial charge >= 0.3 is 0 Å². The highest BCUT2D eigenvalue weighted by Gasteiger charge is 2.09. The highest BCUT2D eigenvalue weighted by Crippen LogP contribution is 2.26. The van der Waals surface area contributed by atoms with Crippen LogP contribution in [-0.2, 0) is 0 Å². The number of hydrogen-bond acceptors (Lipinski definition) is 7. The largest absolute Gasteiger partial charge is 0.324 e. The van der Waals surface area contributed by atoms with Gasteiger partial charge in [0, 0.05) is 46.0 Å². The van der Waals surface area contributed by atoms with Gasteiger partial charge in [-0.1, -0.05) is 12.1 Å². The SMILES string of the molecule is Cc1ccc(-c2ncn(-c3ccc(Nc4ncc5ccc(-c6cn[nH]c6C)cc5n4)cc3)n2)cn1. The van der Waals surface area contributed by atoms with Crippen molar-refractivity contribution in [3.8, 4) is 28.2 Å². The first-order chi connectivity index (χ1) is 17.1. The van der Waals surface area contributed by atoms with Crippen molar-refractivity contribution >= 4 is 22.5 Å². The number of pyridine rings is 1. The van der Waals surface area contributed by atoms with Crippen molar-refractivity contribution in [1.82, 2.24) is 39.9 Å². The fraction of sp³-hybridized carbons (Fsp3) is 0.0769. The molecule has 0 radical (unpaired) electrons.